The van der Waals surface area contributed by atoms with Gasteiger partial charge in [-0.2, -0.15) is 0 Å². The second-order valence-corrected chi connectivity index (χ2v) is 6.25. The van der Waals surface area contributed by atoms with Crippen LogP contribution in [-0.4, -0.2) is 55.1 Å². The molecule has 1 aromatic carbocycles. The molecular formula is C18H28N2O2. The number of carbonyl (C=O) groups is 1. The van der Waals surface area contributed by atoms with Gasteiger partial charge in [0.25, 0.3) is 0 Å². The minimum absolute atomic E-state index is 0.111. The maximum absolute atomic E-state index is 11.5. The number of piperazine rings is 1. The van der Waals surface area contributed by atoms with Crippen LogP contribution >= 0.6 is 0 Å². The monoisotopic (exact) mass is 304 g/mol. The molecule has 1 aromatic rings. The largest absolute Gasteiger partial charge is 0.465 e. The Morgan fingerprint density at radius 2 is 1.68 bits per heavy atom. The van der Waals surface area contributed by atoms with E-state index in [4.69, 9.17) is 4.74 Å². The molecule has 1 saturated heterocycles. The van der Waals surface area contributed by atoms with Crippen LogP contribution in [-0.2, 0) is 16.1 Å². The molecule has 0 bridgehead atoms. The molecule has 1 heterocycles. The fraction of sp³-hybridized carbons (Fsp3) is 0.611. The molecule has 122 valence electrons. The van der Waals surface area contributed by atoms with Crippen LogP contribution in [0.4, 0.5) is 0 Å². The molecule has 1 aliphatic rings. The fourth-order valence-corrected chi connectivity index (χ4v) is 2.76. The summed E-state index contributed by atoms with van der Waals surface area (Å²) in [6.07, 6.45) is 0. The van der Waals surface area contributed by atoms with Gasteiger partial charge in [0.1, 0.15) is 0 Å². The van der Waals surface area contributed by atoms with Gasteiger partial charge < -0.3 is 4.74 Å². The third-order valence-corrected chi connectivity index (χ3v) is 4.18. The zero-order valence-electron chi connectivity index (χ0n) is 14.0. The number of rotatable bonds is 6. The number of ether oxygens (including phenoxy) is 1. The van der Waals surface area contributed by atoms with E-state index in [0.717, 1.165) is 32.7 Å². The van der Waals surface area contributed by atoms with E-state index in [2.05, 4.69) is 47.9 Å². The second-order valence-electron chi connectivity index (χ2n) is 6.25. The topological polar surface area (TPSA) is 32.8 Å². The Morgan fingerprint density at radius 1 is 1.09 bits per heavy atom. The number of esters is 1. The highest BCUT2D eigenvalue weighted by atomic mass is 16.5. The van der Waals surface area contributed by atoms with Crippen LogP contribution in [0.3, 0.4) is 0 Å². The smallest absolute Gasteiger partial charge is 0.320 e. The third kappa shape index (κ3) is 5.11. The molecule has 0 amide bonds. The summed E-state index contributed by atoms with van der Waals surface area (Å²) in [4.78, 5) is 16.1. The molecule has 1 aliphatic heterocycles. The van der Waals surface area contributed by atoms with Crippen molar-refractivity contribution in [2.45, 2.75) is 33.2 Å². The second kappa shape index (κ2) is 8.30. The summed E-state index contributed by atoms with van der Waals surface area (Å²) in [5, 5.41) is 0. The third-order valence-electron chi connectivity index (χ3n) is 4.18. The van der Waals surface area contributed by atoms with E-state index in [1.54, 1.807) is 0 Å². The van der Waals surface area contributed by atoms with E-state index in [0.29, 0.717) is 19.1 Å². The first-order chi connectivity index (χ1) is 10.6. The van der Waals surface area contributed by atoms with Crippen molar-refractivity contribution in [2.24, 2.45) is 0 Å². The molecule has 0 saturated carbocycles. The van der Waals surface area contributed by atoms with E-state index in [9.17, 15) is 4.79 Å². The van der Waals surface area contributed by atoms with Crippen LogP contribution in [0.25, 0.3) is 0 Å². The van der Waals surface area contributed by atoms with Gasteiger partial charge in [-0.1, -0.05) is 38.1 Å². The highest BCUT2D eigenvalue weighted by Gasteiger charge is 2.19. The molecule has 0 unspecified atom stereocenters. The Kier molecular flexibility index (Phi) is 6.40. The average molecular weight is 304 g/mol. The lowest BCUT2D eigenvalue weighted by molar-refractivity contribution is -0.144. The Hall–Kier alpha value is -1.39. The van der Waals surface area contributed by atoms with Crippen molar-refractivity contribution in [3.8, 4) is 0 Å². The number of benzene rings is 1. The molecule has 0 aromatic heterocycles. The molecule has 0 atom stereocenters. The van der Waals surface area contributed by atoms with E-state index in [1.165, 1.54) is 11.1 Å². The van der Waals surface area contributed by atoms with Crippen LogP contribution in [0.15, 0.2) is 24.3 Å². The van der Waals surface area contributed by atoms with E-state index < -0.39 is 0 Å². The summed E-state index contributed by atoms with van der Waals surface area (Å²) in [6.45, 7) is 12.0. The van der Waals surface area contributed by atoms with Crippen LogP contribution in [0, 0.1) is 0 Å². The Bertz CT molecular complexity index is 462. The molecule has 22 heavy (non-hydrogen) atoms. The lowest BCUT2D eigenvalue weighted by Gasteiger charge is -2.34. The maximum Gasteiger partial charge on any atom is 0.320 e. The Morgan fingerprint density at radius 3 is 2.23 bits per heavy atom. The van der Waals surface area contributed by atoms with Gasteiger partial charge in [0.2, 0.25) is 0 Å². The van der Waals surface area contributed by atoms with Crippen molar-refractivity contribution in [3.05, 3.63) is 35.4 Å². The van der Waals surface area contributed by atoms with Gasteiger partial charge in [0.05, 0.1) is 13.2 Å². The maximum atomic E-state index is 11.5. The van der Waals surface area contributed by atoms with Gasteiger partial charge in [-0.25, -0.2) is 0 Å². The van der Waals surface area contributed by atoms with Gasteiger partial charge in [-0.05, 0) is 24.0 Å². The molecule has 0 aliphatic carbocycles. The minimum Gasteiger partial charge on any atom is -0.465 e. The molecule has 4 nitrogen and oxygen atoms in total. The predicted octanol–water partition coefficient (Wildman–Crippen LogP) is 2.49. The molecule has 0 spiro atoms. The van der Waals surface area contributed by atoms with Gasteiger partial charge in [0, 0.05) is 32.7 Å². The summed E-state index contributed by atoms with van der Waals surface area (Å²) >= 11 is 0. The number of carbonyl (C=O) groups excluding carboxylic acids is 1. The van der Waals surface area contributed by atoms with Crippen molar-refractivity contribution in [3.63, 3.8) is 0 Å². The lowest BCUT2D eigenvalue weighted by atomic mass is 10.0. The van der Waals surface area contributed by atoms with Gasteiger partial charge in [-0.15, -0.1) is 0 Å². The molecule has 2 rings (SSSR count). The normalized spacial score (nSPS) is 16.9. The Balaban J connectivity index is 1.76. The summed E-state index contributed by atoms with van der Waals surface area (Å²) in [7, 11) is 0. The SMILES string of the molecule is CCOC(=O)CN1CCN(Cc2ccc(C(C)C)cc2)CC1. The summed E-state index contributed by atoms with van der Waals surface area (Å²) in [6, 6.07) is 8.94. The van der Waals surface area contributed by atoms with E-state index >= 15 is 0 Å². The molecule has 0 radical (unpaired) electrons. The fourth-order valence-electron chi connectivity index (χ4n) is 2.76. The zero-order valence-corrected chi connectivity index (χ0v) is 14.0. The zero-order chi connectivity index (χ0) is 15.9. The quantitative estimate of drug-likeness (QED) is 0.756. The molecule has 0 N–H and O–H groups in total. The first kappa shape index (κ1) is 17.0. The highest BCUT2D eigenvalue weighted by molar-refractivity contribution is 5.71. The Labute approximate surface area is 134 Å². The molecule has 4 heteroatoms. The minimum atomic E-state index is -0.111. The van der Waals surface area contributed by atoms with Crippen LogP contribution in [0.5, 0.6) is 0 Å². The van der Waals surface area contributed by atoms with Crippen molar-refractivity contribution in [2.75, 3.05) is 39.3 Å². The highest BCUT2D eigenvalue weighted by Crippen LogP contribution is 2.16. The number of hydrogen-bond acceptors (Lipinski definition) is 4. The first-order valence-electron chi connectivity index (χ1n) is 8.27. The summed E-state index contributed by atoms with van der Waals surface area (Å²) in [5.41, 5.74) is 2.76. The van der Waals surface area contributed by atoms with Crippen LogP contribution < -0.4 is 0 Å². The average Bonchev–Trinajstić information content (AvgIpc) is 2.50. The van der Waals surface area contributed by atoms with Crippen molar-refractivity contribution in [1.29, 1.82) is 0 Å². The lowest BCUT2D eigenvalue weighted by Crippen LogP contribution is -2.47. The van der Waals surface area contributed by atoms with Crippen LogP contribution in [0.2, 0.25) is 0 Å². The van der Waals surface area contributed by atoms with E-state index in [-0.39, 0.29) is 5.97 Å². The predicted molar refractivity (Wildman–Crippen MR) is 88.9 cm³/mol. The van der Waals surface area contributed by atoms with Crippen LogP contribution in [0.1, 0.15) is 37.8 Å². The summed E-state index contributed by atoms with van der Waals surface area (Å²) < 4.78 is 5.00. The first-order valence-corrected chi connectivity index (χ1v) is 8.27. The van der Waals surface area contributed by atoms with Crippen molar-refractivity contribution < 1.29 is 9.53 Å². The van der Waals surface area contributed by atoms with Crippen molar-refractivity contribution in [1.82, 2.24) is 9.80 Å². The standard InChI is InChI=1S/C18H28N2O2/c1-4-22-18(21)14-20-11-9-19(10-12-20)13-16-5-7-17(8-6-16)15(2)3/h5-8,15H,4,9-14H2,1-3H3. The molecular weight excluding hydrogens is 276 g/mol. The van der Waals surface area contributed by atoms with E-state index in [1.807, 2.05) is 6.92 Å². The van der Waals surface area contributed by atoms with Gasteiger partial charge in [0.15, 0.2) is 0 Å². The summed E-state index contributed by atoms with van der Waals surface area (Å²) in [5.74, 6) is 0.473. The number of hydrogen-bond donors (Lipinski definition) is 0. The van der Waals surface area contributed by atoms with Gasteiger partial charge in [-0.3, -0.25) is 14.6 Å². The molecule has 1 fully saturated rings. The van der Waals surface area contributed by atoms with Crippen molar-refractivity contribution >= 4 is 5.97 Å². The van der Waals surface area contributed by atoms with Gasteiger partial charge >= 0.3 is 5.97 Å². The number of nitrogens with zero attached hydrogens (tertiary/aromatic N) is 2.